The highest BCUT2D eigenvalue weighted by molar-refractivity contribution is 7.88. The molecule has 1 aliphatic rings. The third-order valence-corrected chi connectivity index (χ3v) is 4.65. The molecule has 1 saturated carbocycles. The summed E-state index contributed by atoms with van der Waals surface area (Å²) in [4.78, 5) is 11.4. The Morgan fingerprint density at radius 2 is 1.89 bits per heavy atom. The molecule has 0 bridgehead atoms. The Hall–Kier alpha value is -0.620. The van der Waals surface area contributed by atoms with Gasteiger partial charge in [-0.25, -0.2) is 8.42 Å². The summed E-state index contributed by atoms with van der Waals surface area (Å²) in [5.74, 6) is -0.0990. The average Bonchev–Trinajstić information content (AvgIpc) is 2.74. The van der Waals surface area contributed by atoms with E-state index in [4.69, 9.17) is 0 Å². The van der Waals surface area contributed by atoms with Gasteiger partial charge in [0, 0.05) is 25.0 Å². The van der Waals surface area contributed by atoms with Crippen molar-refractivity contribution in [1.29, 1.82) is 0 Å². The lowest BCUT2D eigenvalue weighted by atomic mass is 10.2. The van der Waals surface area contributed by atoms with Gasteiger partial charge in [-0.2, -0.15) is 4.31 Å². The van der Waals surface area contributed by atoms with Crippen molar-refractivity contribution in [3.05, 3.63) is 0 Å². The summed E-state index contributed by atoms with van der Waals surface area (Å²) in [6, 6.07) is 0.121. The van der Waals surface area contributed by atoms with Gasteiger partial charge in [0.1, 0.15) is 0 Å². The standard InChI is InChI=1S/C12H24N2O3S/c1-10(2)12(15)13-8-9-14(18(3,16)17)11-6-4-5-7-11/h10-11H,4-9H2,1-3H3,(H,13,15). The lowest BCUT2D eigenvalue weighted by molar-refractivity contribution is -0.124. The van der Waals surface area contributed by atoms with Crippen molar-refractivity contribution in [2.45, 2.75) is 45.6 Å². The molecule has 0 aromatic carbocycles. The number of hydrogen-bond donors (Lipinski definition) is 1. The number of carbonyl (C=O) groups is 1. The lowest BCUT2D eigenvalue weighted by Gasteiger charge is -2.26. The Labute approximate surface area is 110 Å². The third-order valence-electron chi connectivity index (χ3n) is 3.31. The molecule has 6 heteroatoms. The Morgan fingerprint density at radius 3 is 2.33 bits per heavy atom. The van der Waals surface area contributed by atoms with Gasteiger partial charge in [-0.1, -0.05) is 26.7 Å². The molecule has 0 aromatic heterocycles. The van der Waals surface area contributed by atoms with Gasteiger partial charge in [-0.15, -0.1) is 0 Å². The van der Waals surface area contributed by atoms with Crippen LogP contribution in [0.25, 0.3) is 0 Å². The number of sulfonamides is 1. The van der Waals surface area contributed by atoms with Gasteiger partial charge in [0.05, 0.1) is 6.26 Å². The van der Waals surface area contributed by atoms with E-state index in [9.17, 15) is 13.2 Å². The second kappa shape index (κ2) is 6.52. The fourth-order valence-corrected chi connectivity index (χ4v) is 3.48. The molecule has 106 valence electrons. The quantitative estimate of drug-likeness (QED) is 0.786. The highest BCUT2D eigenvalue weighted by Crippen LogP contribution is 2.24. The maximum atomic E-state index is 11.7. The molecule has 1 N–H and O–H groups in total. The van der Waals surface area contributed by atoms with Crippen molar-refractivity contribution in [3.8, 4) is 0 Å². The van der Waals surface area contributed by atoms with Crippen LogP contribution in [0.15, 0.2) is 0 Å². The molecule has 0 unspecified atom stereocenters. The predicted octanol–water partition coefficient (Wildman–Crippen LogP) is 0.963. The van der Waals surface area contributed by atoms with Crippen LogP contribution in [-0.2, 0) is 14.8 Å². The van der Waals surface area contributed by atoms with E-state index in [2.05, 4.69) is 5.32 Å². The van der Waals surface area contributed by atoms with E-state index < -0.39 is 10.0 Å². The normalized spacial score (nSPS) is 17.6. The van der Waals surface area contributed by atoms with Crippen molar-refractivity contribution in [1.82, 2.24) is 9.62 Å². The highest BCUT2D eigenvalue weighted by Gasteiger charge is 2.28. The van der Waals surface area contributed by atoms with E-state index in [1.807, 2.05) is 13.8 Å². The molecule has 0 aromatic rings. The largest absolute Gasteiger partial charge is 0.355 e. The fourth-order valence-electron chi connectivity index (χ4n) is 2.30. The maximum Gasteiger partial charge on any atom is 0.222 e. The number of carbonyl (C=O) groups excluding carboxylic acids is 1. The van der Waals surface area contributed by atoms with Gasteiger partial charge < -0.3 is 5.32 Å². The van der Waals surface area contributed by atoms with Crippen LogP contribution in [0.1, 0.15) is 39.5 Å². The first kappa shape index (κ1) is 15.4. The van der Waals surface area contributed by atoms with E-state index in [0.29, 0.717) is 13.1 Å². The predicted molar refractivity (Wildman–Crippen MR) is 71.7 cm³/mol. The molecule has 0 spiro atoms. The monoisotopic (exact) mass is 276 g/mol. The zero-order valence-electron chi connectivity index (χ0n) is 11.5. The Bertz CT molecular complexity index is 373. The molecule has 1 aliphatic carbocycles. The summed E-state index contributed by atoms with van der Waals surface area (Å²) < 4.78 is 25.0. The number of amides is 1. The van der Waals surface area contributed by atoms with E-state index in [1.165, 1.54) is 6.26 Å². The summed E-state index contributed by atoms with van der Waals surface area (Å²) in [7, 11) is -3.18. The zero-order chi connectivity index (χ0) is 13.8. The van der Waals surface area contributed by atoms with Gasteiger partial charge in [0.15, 0.2) is 0 Å². The van der Waals surface area contributed by atoms with Crippen molar-refractivity contribution >= 4 is 15.9 Å². The molecular formula is C12H24N2O3S. The third kappa shape index (κ3) is 4.57. The number of rotatable bonds is 6. The fraction of sp³-hybridized carbons (Fsp3) is 0.917. The van der Waals surface area contributed by atoms with Crippen molar-refractivity contribution in [2.24, 2.45) is 5.92 Å². The smallest absolute Gasteiger partial charge is 0.222 e. The van der Waals surface area contributed by atoms with E-state index >= 15 is 0 Å². The first-order valence-corrected chi connectivity index (χ1v) is 8.41. The van der Waals surface area contributed by atoms with Crippen molar-refractivity contribution < 1.29 is 13.2 Å². The minimum Gasteiger partial charge on any atom is -0.355 e. The Morgan fingerprint density at radius 1 is 1.33 bits per heavy atom. The second-order valence-electron chi connectivity index (χ2n) is 5.26. The summed E-state index contributed by atoms with van der Waals surface area (Å²) in [6.45, 7) is 4.41. The van der Waals surface area contributed by atoms with Gasteiger partial charge in [-0.05, 0) is 12.8 Å². The summed E-state index contributed by atoms with van der Waals surface area (Å²) >= 11 is 0. The minimum absolute atomic E-state index is 0.0325. The minimum atomic E-state index is -3.18. The molecule has 18 heavy (non-hydrogen) atoms. The summed E-state index contributed by atoms with van der Waals surface area (Å²) in [6.07, 6.45) is 5.30. The van der Waals surface area contributed by atoms with E-state index in [1.54, 1.807) is 4.31 Å². The van der Waals surface area contributed by atoms with E-state index in [0.717, 1.165) is 25.7 Å². The van der Waals surface area contributed by atoms with Crippen LogP contribution in [-0.4, -0.2) is 44.0 Å². The summed E-state index contributed by atoms with van der Waals surface area (Å²) in [5.41, 5.74) is 0. The molecule has 0 saturated heterocycles. The highest BCUT2D eigenvalue weighted by atomic mass is 32.2. The number of hydrogen-bond acceptors (Lipinski definition) is 3. The Kier molecular flexibility index (Phi) is 5.59. The molecule has 1 amide bonds. The van der Waals surface area contributed by atoms with Crippen molar-refractivity contribution in [2.75, 3.05) is 19.3 Å². The topological polar surface area (TPSA) is 66.5 Å². The maximum absolute atomic E-state index is 11.7. The van der Waals surface area contributed by atoms with Crippen LogP contribution >= 0.6 is 0 Å². The van der Waals surface area contributed by atoms with Crippen LogP contribution in [0.3, 0.4) is 0 Å². The zero-order valence-corrected chi connectivity index (χ0v) is 12.3. The number of nitrogens with zero attached hydrogens (tertiary/aromatic N) is 1. The molecule has 0 atom stereocenters. The van der Waals surface area contributed by atoms with Crippen molar-refractivity contribution in [3.63, 3.8) is 0 Å². The second-order valence-corrected chi connectivity index (χ2v) is 7.19. The number of nitrogens with one attached hydrogen (secondary N) is 1. The molecule has 0 aliphatic heterocycles. The van der Waals surface area contributed by atoms with Crippen LogP contribution in [0, 0.1) is 5.92 Å². The van der Waals surface area contributed by atoms with Crippen LogP contribution in [0.4, 0.5) is 0 Å². The first-order valence-electron chi connectivity index (χ1n) is 6.57. The molecule has 1 fully saturated rings. The average molecular weight is 276 g/mol. The lowest BCUT2D eigenvalue weighted by Crippen LogP contribution is -2.43. The summed E-state index contributed by atoms with van der Waals surface area (Å²) in [5, 5.41) is 2.76. The molecule has 1 rings (SSSR count). The van der Waals surface area contributed by atoms with Gasteiger partial charge in [0.2, 0.25) is 15.9 Å². The molecule has 0 heterocycles. The van der Waals surface area contributed by atoms with Gasteiger partial charge >= 0.3 is 0 Å². The van der Waals surface area contributed by atoms with Crippen LogP contribution in [0.2, 0.25) is 0 Å². The SMILES string of the molecule is CC(C)C(=O)NCCN(C1CCCC1)S(C)(=O)=O. The first-order chi connectivity index (χ1) is 8.32. The van der Waals surface area contributed by atoms with Gasteiger partial charge in [-0.3, -0.25) is 4.79 Å². The van der Waals surface area contributed by atoms with Crippen LogP contribution < -0.4 is 5.32 Å². The molecule has 0 radical (unpaired) electrons. The van der Waals surface area contributed by atoms with E-state index in [-0.39, 0.29) is 17.9 Å². The molecular weight excluding hydrogens is 252 g/mol. The van der Waals surface area contributed by atoms with Crippen LogP contribution in [0.5, 0.6) is 0 Å². The molecule has 5 nitrogen and oxygen atoms in total. The Balaban J connectivity index is 2.50. The van der Waals surface area contributed by atoms with Gasteiger partial charge in [0.25, 0.3) is 0 Å².